The molecule has 2 heterocycles. The molecule has 1 aromatic heterocycles. The number of aromatic nitrogens is 2. The van der Waals surface area contributed by atoms with Crippen molar-refractivity contribution in [3.8, 4) is 5.69 Å². The van der Waals surface area contributed by atoms with E-state index in [1.165, 1.54) is 5.56 Å². The van der Waals surface area contributed by atoms with E-state index in [-0.39, 0.29) is 35.9 Å². The molecule has 8 heteroatoms. The predicted molar refractivity (Wildman–Crippen MR) is 120 cm³/mol. The number of carbonyl (C=O) groups excluding carboxylic acids is 1. The zero-order chi connectivity index (χ0) is 19.1. The molecule has 1 saturated heterocycles. The fraction of sp³-hybridized carbons (Fsp3) is 0.450. The number of benzene rings is 1. The molecule has 0 aliphatic carbocycles. The van der Waals surface area contributed by atoms with Gasteiger partial charge in [0, 0.05) is 39.1 Å². The van der Waals surface area contributed by atoms with Crippen LogP contribution in [0.2, 0.25) is 0 Å². The van der Waals surface area contributed by atoms with Crippen molar-refractivity contribution in [3.05, 3.63) is 48.3 Å². The van der Waals surface area contributed by atoms with E-state index in [4.69, 9.17) is 4.74 Å². The van der Waals surface area contributed by atoms with Crippen LogP contribution >= 0.6 is 24.0 Å². The van der Waals surface area contributed by atoms with Crippen LogP contribution < -0.4 is 5.32 Å². The molecule has 1 N–H and O–H groups in total. The molecule has 0 atom stereocenters. The molecule has 0 radical (unpaired) electrons. The zero-order valence-corrected chi connectivity index (χ0v) is 18.7. The molecule has 2 aromatic rings. The first kappa shape index (κ1) is 22.2. The van der Waals surface area contributed by atoms with Gasteiger partial charge < -0.3 is 15.0 Å². The van der Waals surface area contributed by atoms with Crippen molar-refractivity contribution < 1.29 is 9.53 Å². The van der Waals surface area contributed by atoms with Crippen LogP contribution in [0.25, 0.3) is 5.69 Å². The second kappa shape index (κ2) is 11.0. The summed E-state index contributed by atoms with van der Waals surface area (Å²) in [4.78, 5) is 18.5. The Morgan fingerprint density at radius 2 is 2.00 bits per heavy atom. The number of rotatable bonds is 5. The predicted octanol–water partition coefficient (Wildman–Crippen LogP) is 2.84. The highest BCUT2D eigenvalue weighted by Crippen LogP contribution is 2.19. The summed E-state index contributed by atoms with van der Waals surface area (Å²) in [6.07, 6.45) is 5.30. The van der Waals surface area contributed by atoms with Crippen LogP contribution in [0.3, 0.4) is 0 Å². The van der Waals surface area contributed by atoms with Gasteiger partial charge >= 0.3 is 5.97 Å². The Kier molecular flexibility index (Phi) is 8.75. The summed E-state index contributed by atoms with van der Waals surface area (Å²) >= 11 is 0. The van der Waals surface area contributed by atoms with E-state index in [9.17, 15) is 4.79 Å². The molecule has 7 nitrogen and oxygen atoms in total. The Morgan fingerprint density at radius 3 is 2.57 bits per heavy atom. The molecule has 0 bridgehead atoms. The Balaban J connectivity index is 0.00000280. The number of aliphatic imine (C=N–C) groups is 1. The molecule has 152 valence electrons. The van der Waals surface area contributed by atoms with Crippen molar-refractivity contribution >= 4 is 35.9 Å². The molecule has 1 aromatic carbocycles. The van der Waals surface area contributed by atoms with Crippen molar-refractivity contribution in [2.24, 2.45) is 10.9 Å². The SMILES string of the molecule is CCOC(=O)C1CCN(C(=NC)NCc2ccc(-n3cccn3)cc2)CC1.I. The maximum atomic E-state index is 11.9. The Hall–Kier alpha value is -2.10. The minimum absolute atomic E-state index is 0. The van der Waals surface area contributed by atoms with Gasteiger partial charge in [0.15, 0.2) is 5.96 Å². The second-order valence-electron chi connectivity index (χ2n) is 6.53. The quantitative estimate of drug-likeness (QED) is 0.298. The maximum absolute atomic E-state index is 11.9. The summed E-state index contributed by atoms with van der Waals surface area (Å²) in [6.45, 7) is 4.61. The van der Waals surface area contributed by atoms with E-state index in [0.29, 0.717) is 13.2 Å². The van der Waals surface area contributed by atoms with Gasteiger partial charge in [-0.3, -0.25) is 9.79 Å². The van der Waals surface area contributed by atoms with Crippen molar-refractivity contribution in [1.29, 1.82) is 0 Å². The van der Waals surface area contributed by atoms with E-state index in [0.717, 1.165) is 37.6 Å². The summed E-state index contributed by atoms with van der Waals surface area (Å²) < 4.78 is 6.97. The monoisotopic (exact) mass is 497 g/mol. The number of esters is 1. The number of guanidine groups is 1. The molecule has 1 fully saturated rings. The van der Waals surface area contributed by atoms with Crippen molar-refractivity contribution in [2.45, 2.75) is 26.3 Å². The fourth-order valence-corrected chi connectivity index (χ4v) is 3.29. The van der Waals surface area contributed by atoms with Crippen LogP contribution in [0.1, 0.15) is 25.3 Å². The molecule has 0 spiro atoms. The first-order chi connectivity index (χ1) is 13.2. The van der Waals surface area contributed by atoms with Gasteiger partial charge in [-0.1, -0.05) is 12.1 Å². The third-order valence-electron chi connectivity index (χ3n) is 4.78. The minimum Gasteiger partial charge on any atom is -0.466 e. The second-order valence-corrected chi connectivity index (χ2v) is 6.53. The standard InChI is InChI=1S/C20H27N5O2.HI/c1-3-27-19(26)17-9-13-24(14-10-17)20(21-2)22-15-16-5-7-18(8-6-16)25-12-4-11-23-25;/h4-8,11-12,17H,3,9-10,13-15H2,1-2H3,(H,21,22);1H. The number of piperidine rings is 1. The molecule has 0 saturated carbocycles. The number of nitrogens with zero attached hydrogens (tertiary/aromatic N) is 4. The number of likely N-dealkylation sites (tertiary alicyclic amines) is 1. The van der Waals surface area contributed by atoms with E-state index in [1.54, 1.807) is 13.2 Å². The zero-order valence-electron chi connectivity index (χ0n) is 16.4. The molecule has 28 heavy (non-hydrogen) atoms. The molecular formula is C20H28IN5O2. The van der Waals surface area contributed by atoms with Crippen molar-refractivity contribution in [1.82, 2.24) is 20.0 Å². The number of nitrogens with one attached hydrogen (secondary N) is 1. The maximum Gasteiger partial charge on any atom is 0.309 e. The third kappa shape index (κ3) is 5.70. The van der Waals surface area contributed by atoms with E-state index in [1.807, 2.05) is 23.9 Å². The van der Waals surface area contributed by atoms with Gasteiger partial charge in [0.1, 0.15) is 0 Å². The Bertz CT molecular complexity index is 753. The molecule has 1 aliphatic rings. The summed E-state index contributed by atoms with van der Waals surface area (Å²) in [5, 5.41) is 7.65. The lowest BCUT2D eigenvalue weighted by Crippen LogP contribution is -2.46. The lowest BCUT2D eigenvalue weighted by atomic mass is 9.97. The number of halogens is 1. The van der Waals surface area contributed by atoms with Gasteiger partial charge in [-0.25, -0.2) is 4.68 Å². The first-order valence-corrected chi connectivity index (χ1v) is 9.42. The molecule has 0 unspecified atom stereocenters. The van der Waals surface area contributed by atoms with Crippen LogP contribution in [-0.4, -0.2) is 53.4 Å². The highest BCUT2D eigenvalue weighted by molar-refractivity contribution is 14.0. The van der Waals surface area contributed by atoms with Gasteiger partial charge in [-0.2, -0.15) is 5.10 Å². The number of ether oxygens (including phenoxy) is 1. The van der Waals surface area contributed by atoms with E-state index >= 15 is 0 Å². The van der Waals surface area contributed by atoms with Gasteiger partial charge in [0.25, 0.3) is 0 Å². The topological polar surface area (TPSA) is 71.8 Å². The largest absolute Gasteiger partial charge is 0.466 e. The lowest BCUT2D eigenvalue weighted by Gasteiger charge is -2.33. The minimum atomic E-state index is -0.0719. The summed E-state index contributed by atoms with van der Waals surface area (Å²) in [5.74, 6) is 0.806. The van der Waals surface area contributed by atoms with Gasteiger partial charge in [-0.05, 0) is 43.5 Å². The highest BCUT2D eigenvalue weighted by atomic mass is 127. The lowest BCUT2D eigenvalue weighted by molar-refractivity contribution is -0.149. The van der Waals surface area contributed by atoms with Crippen molar-refractivity contribution in [3.63, 3.8) is 0 Å². The molecule has 0 amide bonds. The van der Waals surface area contributed by atoms with E-state index < -0.39 is 0 Å². The van der Waals surface area contributed by atoms with Crippen LogP contribution in [0, 0.1) is 5.92 Å². The Morgan fingerprint density at radius 1 is 1.29 bits per heavy atom. The first-order valence-electron chi connectivity index (χ1n) is 9.42. The average Bonchev–Trinajstić information content (AvgIpc) is 3.24. The smallest absolute Gasteiger partial charge is 0.309 e. The number of carbonyl (C=O) groups is 1. The van der Waals surface area contributed by atoms with Crippen LogP contribution in [-0.2, 0) is 16.1 Å². The molecule has 3 rings (SSSR count). The van der Waals surface area contributed by atoms with Gasteiger partial charge in [0.2, 0.25) is 0 Å². The van der Waals surface area contributed by atoms with Gasteiger partial charge in [-0.15, -0.1) is 24.0 Å². The number of hydrogen-bond donors (Lipinski definition) is 1. The van der Waals surface area contributed by atoms with Crippen LogP contribution in [0.15, 0.2) is 47.7 Å². The normalized spacial score (nSPS) is 15.1. The molecular weight excluding hydrogens is 469 g/mol. The summed E-state index contributed by atoms with van der Waals surface area (Å²) in [7, 11) is 1.79. The molecule has 1 aliphatic heterocycles. The number of hydrogen-bond acceptors (Lipinski definition) is 4. The summed E-state index contributed by atoms with van der Waals surface area (Å²) in [5.41, 5.74) is 2.21. The van der Waals surface area contributed by atoms with Crippen LogP contribution in [0.4, 0.5) is 0 Å². The average molecular weight is 497 g/mol. The van der Waals surface area contributed by atoms with Gasteiger partial charge in [0.05, 0.1) is 18.2 Å². The fourth-order valence-electron chi connectivity index (χ4n) is 3.29. The highest BCUT2D eigenvalue weighted by Gasteiger charge is 2.27. The summed E-state index contributed by atoms with van der Waals surface area (Å²) in [6, 6.07) is 10.2. The third-order valence-corrected chi connectivity index (χ3v) is 4.78. The van der Waals surface area contributed by atoms with Crippen LogP contribution in [0.5, 0.6) is 0 Å². The van der Waals surface area contributed by atoms with E-state index in [2.05, 4.69) is 44.6 Å². The van der Waals surface area contributed by atoms with Crippen molar-refractivity contribution in [2.75, 3.05) is 26.7 Å². The Labute approximate surface area is 183 Å².